The SMILES string of the molecule is CCc1ccccc1CNC1CS(=O)(=O)c2ccccc21. The van der Waals surface area contributed by atoms with Crippen molar-refractivity contribution < 1.29 is 8.42 Å². The lowest BCUT2D eigenvalue weighted by atomic mass is 10.0. The Morgan fingerprint density at radius 1 is 1.05 bits per heavy atom. The van der Waals surface area contributed by atoms with Gasteiger partial charge in [-0.15, -0.1) is 0 Å². The van der Waals surface area contributed by atoms with E-state index in [1.807, 2.05) is 24.3 Å². The molecule has 0 fully saturated rings. The van der Waals surface area contributed by atoms with Gasteiger partial charge in [-0.05, 0) is 29.2 Å². The summed E-state index contributed by atoms with van der Waals surface area (Å²) in [6, 6.07) is 15.5. The van der Waals surface area contributed by atoms with Crippen LogP contribution in [0, 0.1) is 0 Å². The molecule has 1 aliphatic heterocycles. The fourth-order valence-electron chi connectivity index (χ4n) is 2.93. The van der Waals surface area contributed by atoms with Crippen molar-refractivity contribution in [3.63, 3.8) is 0 Å². The van der Waals surface area contributed by atoms with Crippen molar-refractivity contribution in [3.8, 4) is 0 Å². The van der Waals surface area contributed by atoms with Gasteiger partial charge in [0.1, 0.15) is 0 Å². The molecule has 0 bridgehead atoms. The highest BCUT2D eigenvalue weighted by Gasteiger charge is 2.33. The highest BCUT2D eigenvalue weighted by molar-refractivity contribution is 7.91. The predicted molar refractivity (Wildman–Crippen MR) is 83.9 cm³/mol. The normalized spacial score (nSPS) is 19.4. The summed E-state index contributed by atoms with van der Waals surface area (Å²) in [7, 11) is -3.14. The van der Waals surface area contributed by atoms with Gasteiger partial charge in [0.15, 0.2) is 9.84 Å². The molecule has 0 radical (unpaired) electrons. The Hall–Kier alpha value is -1.65. The third kappa shape index (κ3) is 2.74. The van der Waals surface area contributed by atoms with Crippen molar-refractivity contribution >= 4 is 9.84 Å². The average molecular weight is 301 g/mol. The minimum atomic E-state index is -3.14. The molecular formula is C17H19NO2S. The Morgan fingerprint density at radius 3 is 2.48 bits per heavy atom. The zero-order chi connectivity index (χ0) is 14.9. The van der Waals surface area contributed by atoms with E-state index in [4.69, 9.17) is 0 Å². The van der Waals surface area contributed by atoms with Gasteiger partial charge in [0.2, 0.25) is 0 Å². The number of hydrogen-bond acceptors (Lipinski definition) is 3. The lowest BCUT2D eigenvalue weighted by molar-refractivity contribution is 0.565. The Morgan fingerprint density at radius 2 is 1.71 bits per heavy atom. The quantitative estimate of drug-likeness (QED) is 0.944. The molecule has 2 aromatic carbocycles. The molecule has 0 aromatic heterocycles. The lowest BCUT2D eigenvalue weighted by Gasteiger charge is -2.14. The molecule has 3 nitrogen and oxygen atoms in total. The van der Waals surface area contributed by atoms with Gasteiger partial charge in [0.25, 0.3) is 0 Å². The minimum Gasteiger partial charge on any atom is -0.305 e. The van der Waals surface area contributed by atoms with Crippen LogP contribution in [0.25, 0.3) is 0 Å². The van der Waals surface area contributed by atoms with E-state index in [9.17, 15) is 8.42 Å². The number of benzene rings is 2. The molecule has 0 aliphatic carbocycles. The Balaban J connectivity index is 1.81. The first-order chi connectivity index (χ1) is 10.1. The van der Waals surface area contributed by atoms with E-state index in [2.05, 4.69) is 24.4 Å². The van der Waals surface area contributed by atoms with Gasteiger partial charge in [0, 0.05) is 12.6 Å². The number of fused-ring (bicyclic) bond motifs is 1. The molecule has 0 saturated heterocycles. The molecule has 0 spiro atoms. The molecule has 1 aliphatic rings. The van der Waals surface area contributed by atoms with Gasteiger partial charge < -0.3 is 5.32 Å². The summed E-state index contributed by atoms with van der Waals surface area (Å²) < 4.78 is 24.3. The van der Waals surface area contributed by atoms with Gasteiger partial charge >= 0.3 is 0 Å². The Labute approximate surface area is 125 Å². The predicted octanol–water partition coefficient (Wildman–Crippen LogP) is 2.87. The van der Waals surface area contributed by atoms with Crippen molar-refractivity contribution in [1.82, 2.24) is 5.32 Å². The second kappa shape index (κ2) is 5.62. The van der Waals surface area contributed by atoms with Gasteiger partial charge in [-0.1, -0.05) is 49.4 Å². The monoisotopic (exact) mass is 301 g/mol. The first-order valence-corrected chi connectivity index (χ1v) is 8.89. The van der Waals surface area contributed by atoms with Crippen LogP contribution < -0.4 is 5.32 Å². The second-order valence-corrected chi connectivity index (χ2v) is 7.38. The maximum atomic E-state index is 12.2. The smallest absolute Gasteiger partial charge is 0.180 e. The van der Waals surface area contributed by atoms with E-state index in [0.717, 1.165) is 12.0 Å². The third-order valence-corrected chi connectivity index (χ3v) is 5.87. The molecule has 1 N–H and O–H groups in total. The molecule has 2 aromatic rings. The summed E-state index contributed by atoms with van der Waals surface area (Å²) in [5.74, 6) is 0.153. The lowest BCUT2D eigenvalue weighted by Crippen LogP contribution is -2.22. The number of hydrogen-bond donors (Lipinski definition) is 1. The zero-order valence-electron chi connectivity index (χ0n) is 12.0. The average Bonchev–Trinajstić information content (AvgIpc) is 2.77. The number of nitrogens with one attached hydrogen (secondary N) is 1. The highest BCUT2D eigenvalue weighted by Crippen LogP contribution is 2.33. The topological polar surface area (TPSA) is 46.2 Å². The van der Waals surface area contributed by atoms with Crippen molar-refractivity contribution in [2.75, 3.05) is 5.75 Å². The summed E-state index contributed by atoms with van der Waals surface area (Å²) in [6.45, 7) is 2.83. The zero-order valence-corrected chi connectivity index (χ0v) is 12.9. The molecular weight excluding hydrogens is 282 g/mol. The molecule has 1 unspecified atom stereocenters. The van der Waals surface area contributed by atoms with Crippen molar-refractivity contribution in [3.05, 3.63) is 65.2 Å². The van der Waals surface area contributed by atoms with Crippen LogP contribution in [0.2, 0.25) is 0 Å². The molecule has 1 heterocycles. The Kier molecular flexibility index (Phi) is 3.83. The van der Waals surface area contributed by atoms with Gasteiger partial charge in [-0.3, -0.25) is 0 Å². The van der Waals surface area contributed by atoms with Crippen LogP contribution in [0.5, 0.6) is 0 Å². The molecule has 110 valence electrons. The van der Waals surface area contributed by atoms with E-state index in [1.54, 1.807) is 12.1 Å². The molecule has 0 amide bonds. The standard InChI is InChI=1S/C17H19NO2S/c1-2-13-7-3-4-8-14(13)11-18-16-12-21(19,20)17-10-6-5-9-15(16)17/h3-10,16,18H,2,11-12H2,1H3. The van der Waals surface area contributed by atoms with E-state index in [-0.39, 0.29) is 11.8 Å². The highest BCUT2D eigenvalue weighted by atomic mass is 32.2. The Bertz CT molecular complexity index is 753. The van der Waals surface area contributed by atoms with Crippen LogP contribution in [-0.4, -0.2) is 14.2 Å². The van der Waals surface area contributed by atoms with E-state index in [1.165, 1.54) is 11.1 Å². The summed E-state index contributed by atoms with van der Waals surface area (Å²) in [5, 5.41) is 3.41. The third-order valence-electron chi connectivity index (χ3n) is 4.05. The first-order valence-electron chi connectivity index (χ1n) is 7.23. The van der Waals surface area contributed by atoms with Crippen LogP contribution in [0.4, 0.5) is 0 Å². The van der Waals surface area contributed by atoms with E-state index >= 15 is 0 Å². The summed E-state index contributed by atoms with van der Waals surface area (Å²) in [5.41, 5.74) is 3.44. The number of sulfone groups is 1. The van der Waals surface area contributed by atoms with Crippen LogP contribution in [-0.2, 0) is 22.8 Å². The molecule has 4 heteroatoms. The first kappa shape index (κ1) is 14.3. The molecule has 0 saturated carbocycles. The molecule has 3 rings (SSSR count). The van der Waals surface area contributed by atoms with Crippen LogP contribution in [0.3, 0.4) is 0 Å². The summed E-state index contributed by atoms with van der Waals surface area (Å²) in [6.07, 6.45) is 0.984. The second-order valence-electron chi connectivity index (χ2n) is 5.37. The van der Waals surface area contributed by atoms with Crippen molar-refractivity contribution in [2.45, 2.75) is 30.8 Å². The van der Waals surface area contributed by atoms with Crippen LogP contribution >= 0.6 is 0 Å². The fraction of sp³-hybridized carbons (Fsp3) is 0.294. The minimum absolute atomic E-state index is 0.115. The molecule has 1 atom stereocenters. The fourth-order valence-corrected chi connectivity index (χ4v) is 4.70. The van der Waals surface area contributed by atoms with Gasteiger partial charge in [-0.2, -0.15) is 0 Å². The van der Waals surface area contributed by atoms with Crippen LogP contribution in [0.1, 0.15) is 29.7 Å². The van der Waals surface area contributed by atoms with Crippen molar-refractivity contribution in [2.24, 2.45) is 0 Å². The van der Waals surface area contributed by atoms with E-state index < -0.39 is 9.84 Å². The number of aryl methyl sites for hydroxylation is 1. The van der Waals surface area contributed by atoms with Crippen LogP contribution in [0.15, 0.2) is 53.4 Å². The van der Waals surface area contributed by atoms with E-state index in [0.29, 0.717) is 11.4 Å². The maximum absolute atomic E-state index is 12.2. The van der Waals surface area contributed by atoms with Crippen molar-refractivity contribution in [1.29, 1.82) is 0 Å². The van der Waals surface area contributed by atoms with Gasteiger partial charge in [-0.25, -0.2) is 8.42 Å². The molecule has 21 heavy (non-hydrogen) atoms. The largest absolute Gasteiger partial charge is 0.305 e. The maximum Gasteiger partial charge on any atom is 0.180 e. The van der Waals surface area contributed by atoms with Gasteiger partial charge in [0.05, 0.1) is 10.6 Å². The summed E-state index contributed by atoms with van der Waals surface area (Å²) >= 11 is 0. The number of rotatable bonds is 4. The summed E-state index contributed by atoms with van der Waals surface area (Å²) in [4.78, 5) is 0.478.